The van der Waals surface area contributed by atoms with E-state index in [-0.39, 0.29) is 5.73 Å². The van der Waals surface area contributed by atoms with E-state index in [0.29, 0.717) is 17.8 Å². The molecule has 0 bridgehead atoms. The molecule has 1 saturated heterocycles. The fraction of sp³-hybridized carbons (Fsp3) is 0.867. The third kappa shape index (κ3) is 2.62. The molecule has 3 rings (SSSR count). The molecule has 0 N–H and O–H groups in total. The first-order chi connectivity index (χ1) is 8.80. The predicted molar refractivity (Wildman–Crippen MR) is 74.2 cm³/mol. The van der Waals surface area contributed by atoms with Gasteiger partial charge < -0.3 is 9.31 Å². The van der Waals surface area contributed by atoms with Crippen LogP contribution in [0.1, 0.15) is 53.4 Å². The van der Waals surface area contributed by atoms with E-state index in [0.717, 1.165) is 0 Å². The molecule has 0 amide bonds. The Balaban J connectivity index is 1.71. The van der Waals surface area contributed by atoms with Crippen LogP contribution in [-0.2, 0) is 9.31 Å². The largest absolute Gasteiger partial charge is 0.524 e. The van der Waals surface area contributed by atoms with Gasteiger partial charge in [-0.1, -0.05) is 6.08 Å². The summed E-state index contributed by atoms with van der Waals surface area (Å²) in [5.41, 5.74) is -1.14. The maximum Gasteiger partial charge on any atom is 0.524 e. The van der Waals surface area contributed by atoms with E-state index in [9.17, 15) is 4.39 Å². The van der Waals surface area contributed by atoms with Crippen LogP contribution in [0.2, 0.25) is 0 Å². The summed E-state index contributed by atoms with van der Waals surface area (Å²) in [6.07, 6.45) is 6.84. The van der Waals surface area contributed by atoms with Gasteiger partial charge >= 0.3 is 7.12 Å². The Morgan fingerprint density at radius 2 is 1.47 bits per heavy atom. The SMILES string of the molecule is CC1(C)OB(C(F)=CC(C2CC2)C2CC2)OC1(C)C. The van der Waals surface area contributed by atoms with E-state index >= 15 is 0 Å². The highest BCUT2D eigenvalue weighted by molar-refractivity contribution is 6.53. The van der Waals surface area contributed by atoms with Gasteiger partial charge in [0, 0.05) is 0 Å². The molecule has 0 aromatic carbocycles. The summed E-state index contributed by atoms with van der Waals surface area (Å²) in [4.78, 5) is 0. The first kappa shape index (κ1) is 13.6. The Labute approximate surface area is 115 Å². The Kier molecular flexibility index (Phi) is 3.10. The highest BCUT2D eigenvalue weighted by Gasteiger charge is 2.53. The van der Waals surface area contributed by atoms with Crippen molar-refractivity contribution in [2.45, 2.75) is 64.6 Å². The van der Waals surface area contributed by atoms with Crippen LogP contribution in [0.4, 0.5) is 4.39 Å². The van der Waals surface area contributed by atoms with Crippen molar-refractivity contribution in [2.75, 3.05) is 0 Å². The standard InChI is InChI=1S/C15H24BFO2/c1-14(2)15(3,4)19-16(18-14)13(17)9-12(10-5-6-10)11-7-8-11/h9-12H,5-8H2,1-4H3. The maximum absolute atomic E-state index is 14.4. The second kappa shape index (κ2) is 4.32. The number of hydrogen-bond acceptors (Lipinski definition) is 2. The molecule has 3 fully saturated rings. The molecule has 0 aromatic heterocycles. The van der Waals surface area contributed by atoms with Crippen molar-refractivity contribution >= 4 is 7.12 Å². The number of halogens is 1. The average molecular weight is 266 g/mol. The molecule has 0 atom stereocenters. The van der Waals surface area contributed by atoms with Gasteiger partial charge in [0.15, 0.2) is 0 Å². The summed E-state index contributed by atoms with van der Waals surface area (Å²) in [6.45, 7) is 7.83. The predicted octanol–water partition coefficient (Wildman–Crippen LogP) is 3.91. The number of rotatable bonds is 4. The third-order valence-electron chi connectivity index (χ3n) is 5.16. The molecule has 0 spiro atoms. The lowest BCUT2D eigenvalue weighted by Crippen LogP contribution is -2.41. The summed E-state index contributed by atoms with van der Waals surface area (Å²) < 4.78 is 26.0. The maximum atomic E-state index is 14.4. The lowest BCUT2D eigenvalue weighted by Gasteiger charge is -2.32. The Morgan fingerprint density at radius 1 is 1.05 bits per heavy atom. The van der Waals surface area contributed by atoms with E-state index in [2.05, 4.69) is 0 Å². The number of hydrogen-bond donors (Lipinski definition) is 0. The average Bonchev–Trinajstić information content (AvgIpc) is 3.14. The summed E-state index contributed by atoms with van der Waals surface area (Å²) >= 11 is 0. The number of allylic oxidation sites excluding steroid dienone is 1. The molecule has 2 aliphatic carbocycles. The highest BCUT2D eigenvalue weighted by Crippen LogP contribution is 2.50. The minimum atomic E-state index is -0.815. The van der Waals surface area contributed by atoms with Crippen LogP contribution >= 0.6 is 0 Å². The van der Waals surface area contributed by atoms with Crippen LogP contribution in [0.25, 0.3) is 0 Å². The molecule has 0 unspecified atom stereocenters. The molecule has 2 saturated carbocycles. The van der Waals surface area contributed by atoms with Crippen molar-refractivity contribution in [3.8, 4) is 0 Å². The second-order valence-electron chi connectivity index (χ2n) is 7.39. The van der Waals surface area contributed by atoms with Gasteiger partial charge in [-0.15, -0.1) is 0 Å². The van der Waals surface area contributed by atoms with Gasteiger partial charge in [0.25, 0.3) is 0 Å². The molecular formula is C15H24BFO2. The van der Waals surface area contributed by atoms with Gasteiger partial charge in [0.2, 0.25) is 0 Å². The molecule has 19 heavy (non-hydrogen) atoms. The monoisotopic (exact) mass is 266 g/mol. The van der Waals surface area contributed by atoms with Crippen LogP contribution in [0, 0.1) is 17.8 Å². The Bertz CT molecular complexity index is 369. The van der Waals surface area contributed by atoms with Crippen LogP contribution < -0.4 is 0 Å². The van der Waals surface area contributed by atoms with Gasteiger partial charge in [0.1, 0.15) is 5.73 Å². The third-order valence-corrected chi connectivity index (χ3v) is 5.16. The molecule has 1 aliphatic heterocycles. The Morgan fingerprint density at radius 3 is 1.84 bits per heavy atom. The van der Waals surface area contributed by atoms with Crippen molar-refractivity contribution in [3.63, 3.8) is 0 Å². The lowest BCUT2D eigenvalue weighted by molar-refractivity contribution is 0.00578. The summed E-state index contributed by atoms with van der Waals surface area (Å²) in [7, 11) is -0.815. The van der Waals surface area contributed by atoms with Gasteiger partial charge in [-0.2, -0.15) is 0 Å². The minimum Gasteiger partial charge on any atom is -0.398 e. The smallest absolute Gasteiger partial charge is 0.398 e. The zero-order valence-electron chi connectivity index (χ0n) is 12.4. The van der Waals surface area contributed by atoms with Crippen molar-refractivity contribution in [1.29, 1.82) is 0 Å². The van der Waals surface area contributed by atoms with Crippen molar-refractivity contribution in [1.82, 2.24) is 0 Å². The quantitative estimate of drug-likeness (QED) is 0.718. The molecule has 2 nitrogen and oxygen atoms in total. The lowest BCUT2D eigenvalue weighted by atomic mass is 9.83. The first-order valence-electron chi connectivity index (χ1n) is 7.53. The molecule has 0 aromatic rings. The van der Waals surface area contributed by atoms with Crippen molar-refractivity contribution in [3.05, 3.63) is 11.8 Å². The topological polar surface area (TPSA) is 18.5 Å². The molecule has 0 radical (unpaired) electrons. The fourth-order valence-corrected chi connectivity index (χ4v) is 2.84. The molecule has 106 valence electrons. The zero-order chi connectivity index (χ0) is 13.8. The molecule has 4 heteroatoms. The van der Waals surface area contributed by atoms with Crippen LogP contribution in [0.5, 0.6) is 0 Å². The normalized spacial score (nSPS) is 30.2. The fourth-order valence-electron chi connectivity index (χ4n) is 2.84. The molecule has 3 aliphatic rings. The van der Waals surface area contributed by atoms with E-state index < -0.39 is 18.3 Å². The van der Waals surface area contributed by atoms with Crippen LogP contribution in [0.3, 0.4) is 0 Å². The summed E-state index contributed by atoms with van der Waals surface area (Å²) in [5, 5.41) is 0. The van der Waals surface area contributed by atoms with Crippen molar-refractivity contribution in [2.24, 2.45) is 17.8 Å². The van der Waals surface area contributed by atoms with Gasteiger partial charge in [-0.25, -0.2) is 4.39 Å². The minimum absolute atomic E-state index is 0.220. The second-order valence-corrected chi connectivity index (χ2v) is 7.39. The molecule has 1 heterocycles. The van der Waals surface area contributed by atoms with E-state index in [1.54, 1.807) is 6.08 Å². The van der Waals surface area contributed by atoms with Crippen LogP contribution in [0.15, 0.2) is 11.8 Å². The van der Waals surface area contributed by atoms with Crippen LogP contribution in [-0.4, -0.2) is 18.3 Å². The highest BCUT2D eigenvalue weighted by atomic mass is 19.1. The summed E-state index contributed by atoms with van der Waals surface area (Å²) in [5.74, 6) is 1.83. The first-order valence-corrected chi connectivity index (χ1v) is 7.53. The van der Waals surface area contributed by atoms with E-state index in [1.807, 2.05) is 27.7 Å². The van der Waals surface area contributed by atoms with Crippen molar-refractivity contribution < 1.29 is 13.7 Å². The van der Waals surface area contributed by atoms with E-state index in [4.69, 9.17) is 9.31 Å². The molecular weight excluding hydrogens is 242 g/mol. The van der Waals surface area contributed by atoms with Gasteiger partial charge in [-0.3, -0.25) is 0 Å². The summed E-state index contributed by atoms with van der Waals surface area (Å²) in [6, 6.07) is 0. The van der Waals surface area contributed by atoms with Gasteiger partial charge in [-0.05, 0) is 71.1 Å². The zero-order valence-corrected chi connectivity index (χ0v) is 12.4. The van der Waals surface area contributed by atoms with Gasteiger partial charge in [0.05, 0.1) is 11.2 Å². The van der Waals surface area contributed by atoms with E-state index in [1.165, 1.54) is 25.7 Å². The Hall–Kier alpha value is -0.345.